The lowest BCUT2D eigenvalue weighted by molar-refractivity contribution is -0.132. The molecule has 45 heavy (non-hydrogen) atoms. The van der Waals surface area contributed by atoms with Gasteiger partial charge in [0.1, 0.15) is 23.0 Å². The van der Waals surface area contributed by atoms with Gasteiger partial charge in [-0.2, -0.15) is 0 Å². The van der Waals surface area contributed by atoms with Gasteiger partial charge in [-0.1, -0.05) is 50.3 Å². The van der Waals surface area contributed by atoms with Crippen LogP contribution in [0.2, 0.25) is 0 Å². The maximum Gasteiger partial charge on any atom is 0.350 e. The third-order valence-corrected chi connectivity index (χ3v) is 8.03. The van der Waals surface area contributed by atoms with Crippen molar-refractivity contribution in [2.75, 3.05) is 31.3 Å². The Morgan fingerprint density at radius 2 is 1.78 bits per heavy atom. The molecule has 2 heterocycles. The number of ketones is 1. The lowest BCUT2D eigenvalue weighted by Gasteiger charge is -2.24. The molecule has 1 atom stereocenters. The molecule has 3 aromatic rings. The summed E-state index contributed by atoms with van der Waals surface area (Å²) in [7, 11) is 0. The Bertz CT molecular complexity index is 1580. The number of Topliss-reactive ketones (excluding diaryl/α,β-unsaturated/α-hetero) is 1. The average Bonchev–Trinajstić information content (AvgIpc) is 3.55. The van der Waals surface area contributed by atoms with E-state index in [2.05, 4.69) is 18.5 Å². The van der Waals surface area contributed by atoms with Crippen LogP contribution in [-0.2, 0) is 14.3 Å². The van der Waals surface area contributed by atoms with Crippen LogP contribution in [0.1, 0.15) is 72.6 Å². The third kappa shape index (κ3) is 7.37. The SMILES string of the molecule is C=CCOC(=O)c1sc(N2C(=O)C(=O)C(=C(O)c3ccc(OCCC)cc3)C2c2ccc(OCCCC)c(OCC)c2)nc1C. The summed E-state index contributed by atoms with van der Waals surface area (Å²) in [6.07, 6.45) is 4.10. The minimum Gasteiger partial charge on any atom is -0.507 e. The molecular weight excluding hydrogens is 596 g/mol. The molecule has 1 unspecified atom stereocenters. The van der Waals surface area contributed by atoms with E-state index in [4.69, 9.17) is 18.9 Å². The summed E-state index contributed by atoms with van der Waals surface area (Å²) in [5.41, 5.74) is 1.01. The summed E-state index contributed by atoms with van der Waals surface area (Å²) in [5, 5.41) is 11.7. The first kappa shape index (κ1) is 33.3. The van der Waals surface area contributed by atoms with Crippen molar-refractivity contribution in [3.63, 3.8) is 0 Å². The van der Waals surface area contributed by atoms with Crippen LogP contribution in [0.3, 0.4) is 0 Å². The average molecular weight is 635 g/mol. The number of unbranched alkanes of at least 4 members (excludes halogenated alkanes) is 1. The van der Waals surface area contributed by atoms with Gasteiger partial charge in [0.05, 0.1) is 37.1 Å². The number of esters is 1. The van der Waals surface area contributed by atoms with Gasteiger partial charge >= 0.3 is 11.9 Å². The van der Waals surface area contributed by atoms with Crippen LogP contribution < -0.4 is 19.1 Å². The lowest BCUT2D eigenvalue weighted by atomic mass is 9.95. The van der Waals surface area contributed by atoms with E-state index in [9.17, 15) is 19.5 Å². The molecule has 1 saturated heterocycles. The first-order valence-corrected chi connectivity index (χ1v) is 15.8. The van der Waals surface area contributed by atoms with Gasteiger partial charge in [-0.3, -0.25) is 14.5 Å². The first-order chi connectivity index (χ1) is 21.7. The van der Waals surface area contributed by atoms with Crippen LogP contribution >= 0.6 is 11.3 Å². The zero-order chi connectivity index (χ0) is 32.5. The Morgan fingerprint density at radius 1 is 1.02 bits per heavy atom. The lowest BCUT2D eigenvalue weighted by Crippen LogP contribution is -2.29. The molecule has 0 radical (unpaired) electrons. The van der Waals surface area contributed by atoms with Crippen molar-refractivity contribution in [2.45, 2.75) is 53.0 Å². The van der Waals surface area contributed by atoms with E-state index in [0.717, 1.165) is 30.6 Å². The molecule has 1 fully saturated rings. The number of aliphatic hydroxyl groups is 1. The predicted molar refractivity (Wildman–Crippen MR) is 172 cm³/mol. The zero-order valence-electron chi connectivity index (χ0n) is 26.0. The monoisotopic (exact) mass is 634 g/mol. The molecule has 11 heteroatoms. The van der Waals surface area contributed by atoms with Crippen LogP contribution in [-0.4, -0.2) is 54.2 Å². The van der Waals surface area contributed by atoms with Crippen molar-refractivity contribution in [2.24, 2.45) is 0 Å². The Balaban J connectivity index is 1.86. The summed E-state index contributed by atoms with van der Waals surface area (Å²) < 4.78 is 22.7. The van der Waals surface area contributed by atoms with E-state index in [-0.39, 0.29) is 27.9 Å². The number of rotatable bonds is 15. The van der Waals surface area contributed by atoms with E-state index in [1.165, 1.54) is 11.0 Å². The van der Waals surface area contributed by atoms with Gasteiger partial charge in [0.15, 0.2) is 16.6 Å². The number of carbonyl (C=O) groups excluding carboxylic acids is 3. The smallest absolute Gasteiger partial charge is 0.350 e. The van der Waals surface area contributed by atoms with E-state index < -0.39 is 23.7 Å². The number of aryl methyl sites for hydroxylation is 1. The summed E-state index contributed by atoms with van der Waals surface area (Å²) in [6, 6.07) is 10.7. The fraction of sp³-hybridized carbons (Fsp3) is 0.353. The molecule has 4 rings (SSSR count). The number of amides is 1. The van der Waals surface area contributed by atoms with Crippen LogP contribution in [0.25, 0.3) is 5.76 Å². The summed E-state index contributed by atoms with van der Waals surface area (Å²) in [5.74, 6) is -1.22. The van der Waals surface area contributed by atoms with Crippen molar-refractivity contribution in [1.29, 1.82) is 0 Å². The third-order valence-electron chi connectivity index (χ3n) is 6.89. The molecule has 1 aliphatic heterocycles. The van der Waals surface area contributed by atoms with Gasteiger partial charge in [-0.15, -0.1) is 0 Å². The highest BCUT2D eigenvalue weighted by Crippen LogP contribution is 2.45. The molecule has 10 nitrogen and oxygen atoms in total. The Labute approximate surface area is 266 Å². The second-order valence-corrected chi connectivity index (χ2v) is 11.2. The van der Waals surface area contributed by atoms with Crippen molar-refractivity contribution in [1.82, 2.24) is 4.98 Å². The van der Waals surface area contributed by atoms with E-state index >= 15 is 0 Å². The highest BCUT2D eigenvalue weighted by Gasteiger charge is 2.48. The van der Waals surface area contributed by atoms with Crippen molar-refractivity contribution < 1.29 is 38.4 Å². The number of aromatic nitrogens is 1. The van der Waals surface area contributed by atoms with Crippen LogP contribution in [0.15, 0.2) is 60.7 Å². The molecule has 0 bridgehead atoms. The van der Waals surface area contributed by atoms with Crippen LogP contribution in [0.4, 0.5) is 5.13 Å². The van der Waals surface area contributed by atoms with E-state index in [1.807, 2.05) is 13.8 Å². The highest BCUT2D eigenvalue weighted by molar-refractivity contribution is 7.17. The molecule has 238 valence electrons. The number of hydrogen-bond donors (Lipinski definition) is 1. The minimum atomic E-state index is -1.09. The largest absolute Gasteiger partial charge is 0.507 e. The molecule has 0 aliphatic carbocycles. The number of benzene rings is 2. The topological polar surface area (TPSA) is 124 Å². The quantitative estimate of drug-likeness (QED) is 0.0481. The van der Waals surface area contributed by atoms with Gasteiger partial charge < -0.3 is 24.1 Å². The molecule has 1 aromatic heterocycles. The molecule has 0 saturated carbocycles. The molecule has 1 aliphatic rings. The van der Waals surface area contributed by atoms with E-state index in [1.54, 1.807) is 49.4 Å². The van der Waals surface area contributed by atoms with Crippen LogP contribution in [0, 0.1) is 6.92 Å². The Morgan fingerprint density at radius 3 is 2.44 bits per heavy atom. The highest BCUT2D eigenvalue weighted by atomic mass is 32.1. The first-order valence-electron chi connectivity index (χ1n) is 14.9. The number of anilines is 1. The van der Waals surface area contributed by atoms with Crippen LogP contribution in [0.5, 0.6) is 17.2 Å². The van der Waals surface area contributed by atoms with Gasteiger partial charge in [0.2, 0.25) is 0 Å². The fourth-order valence-electron chi connectivity index (χ4n) is 4.71. The molecule has 2 aromatic carbocycles. The summed E-state index contributed by atoms with van der Waals surface area (Å²) in [6.45, 7) is 12.5. The van der Waals surface area contributed by atoms with Gasteiger partial charge in [0, 0.05) is 5.56 Å². The number of carbonyl (C=O) groups is 3. The van der Waals surface area contributed by atoms with Gasteiger partial charge in [-0.25, -0.2) is 9.78 Å². The number of ether oxygens (including phenoxy) is 4. The molecule has 1 amide bonds. The van der Waals surface area contributed by atoms with Crippen molar-refractivity contribution in [3.05, 3.63) is 82.4 Å². The molecule has 1 N–H and O–H groups in total. The maximum absolute atomic E-state index is 13.7. The number of thiazole rings is 1. The predicted octanol–water partition coefficient (Wildman–Crippen LogP) is 6.79. The van der Waals surface area contributed by atoms with Crippen molar-refractivity contribution in [3.8, 4) is 17.2 Å². The van der Waals surface area contributed by atoms with Crippen molar-refractivity contribution >= 4 is 39.9 Å². The Hall–Kier alpha value is -4.64. The fourth-order valence-corrected chi connectivity index (χ4v) is 5.70. The number of aliphatic hydroxyl groups excluding tert-OH is 1. The molecular formula is C34H38N2O8S. The molecule has 0 spiro atoms. The normalized spacial score (nSPS) is 15.6. The summed E-state index contributed by atoms with van der Waals surface area (Å²) >= 11 is 0.926. The number of nitrogens with zero attached hydrogens (tertiary/aromatic N) is 2. The standard InChI is InChI=1S/C34H38N2O8S/c1-6-10-19-43-25-16-13-23(20-26(25)41-9-4)28-27(29(37)22-11-14-24(15-12-22)42-17-7-2)30(38)32(39)36(28)34-35-21(5)31(45-34)33(40)44-18-8-3/h8,11-16,20,28,37H,3,6-7,9-10,17-19H2,1-2,4-5H3. The Kier molecular flexibility index (Phi) is 11.4. The second-order valence-electron chi connectivity index (χ2n) is 10.2. The van der Waals surface area contributed by atoms with E-state index in [0.29, 0.717) is 53.9 Å². The number of hydrogen-bond acceptors (Lipinski definition) is 10. The minimum absolute atomic E-state index is 0.00514. The van der Waals surface area contributed by atoms with Gasteiger partial charge in [0.25, 0.3) is 5.78 Å². The summed E-state index contributed by atoms with van der Waals surface area (Å²) in [4.78, 5) is 46.0. The second kappa shape index (κ2) is 15.4. The zero-order valence-corrected chi connectivity index (χ0v) is 26.8. The van der Waals surface area contributed by atoms with Gasteiger partial charge in [-0.05, 0) is 68.7 Å². The maximum atomic E-state index is 13.7.